The monoisotopic (exact) mass is 380 g/mol. The van der Waals surface area contributed by atoms with E-state index in [1.54, 1.807) is 0 Å². The molecule has 0 aliphatic heterocycles. The summed E-state index contributed by atoms with van der Waals surface area (Å²) in [6, 6.07) is 6.00. The fourth-order valence-electron chi connectivity index (χ4n) is 2.98. The van der Waals surface area contributed by atoms with E-state index in [0.717, 1.165) is 27.6 Å². The van der Waals surface area contributed by atoms with Crippen LogP contribution in [0.2, 0.25) is 0 Å². The van der Waals surface area contributed by atoms with Crippen molar-refractivity contribution in [1.82, 2.24) is 29.9 Å². The van der Waals surface area contributed by atoms with Crippen LogP contribution in [0.1, 0.15) is 46.2 Å². The van der Waals surface area contributed by atoms with E-state index in [4.69, 9.17) is 4.98 Å². The van der Waals surface area contributed by atoms with Crippen LogP contribution in [0.15, 0.2) is 29.8 Å². The lowest BCUT2D eigenvalue weighted by molar-refractivity contribution is 0.0932. The molecule has 1 aromatic carbocycles. The third kappa shape index (κ3) is 3.23. The van der Waals surface area contributed by atoms with Crippen molar-refractivity contribution in [2.45, 2.75) is 33.7 Å². The molecular weight excluding hydrogens is 360 g/mol. The van der Waals surface area contributed by atoms with Crippen LogP contribution < -0.4 is 5.32 Å². The number of benzene rings is 1. The SMILES string of the molecule is Cc1ccc(C)c(-c2cn3c(C(=O)N[C@H](C)c4n[nH]c(C)n4)csc3n2)c1. The highest BCUT2D eigenvalue weighted by Crippen LogP contribution is 2.27. The van der Waals surface area contributed by atoms with Crippen LogP contribution in [-0.2, 0) is 0 Å². The Bertz CT molecular complexity index is 1140. The van der Waals surface area contributed by atoms with Gasteiger partial charge in [0, 0.05) is 17.1 Å². The number of aromatic nitrogens is 5. The molecule has 0 fully saturated rings. The molecule has 7 nitrogen and oxygen atoms in total. The Kier molecular flexibility index (Phi) is 4.27. The normalized spacial score (nSPS) is 12.4. The highest BCUT2D eigenvalue weighted by Gasteiger charge is 2.19. The number of hydrogen-bond acceptors (Lipinski definition) is 5. The zero-order valence-electron chi connectivity index (χ0n) is 15.6. The second-order valence-electron chi connectivity index (χ2n) is 6.69. The first kappa shape index (κ1) is 17.4. The second kappa shape index (κ2) is 6.62. The topological polar surface area (TPSA) is 88.0 Å². The van der Waals surface area contributed by atoms with Crippen LogP contribution in [0.5, 0.6) is 0 Å². The van der Waals surface area contributed by atoms with Crippen molar-refractivity contribution < 1.29 is 4.79 Å². The first-order chi connectivity index (χ1) is 12.9. The number of amides is 1. The summed E-state index contributed by atoms with van der Waals surface area (Å²) in [5.41, 5.74) is 4.85. The molecule has 0 unspecified atom stereocenters. The zero-order valence-corrected chi connectivity index (χ0v) is 16.4. The number of carbonyl (C=O) groups excluding carboxylic acids is 1. The number of H-pyrrole nitrogens is 1. The number of aromatic amines is 1. The molecule has 138 valence electrons. The van der Waals surface area contributed by atoms with E-state index in [-0.39, 0.29) is 11.9 Å². The number of nitrogens with one attached hydrogen (secondary N) is 2. The molecule has 0 bridgehead atoms. The maximum Gasteiger partial charge on any atom is 0.269 e. The summed E-state index contributed by atoms with van der Waals surface area (Å²) >= 11 is 1.45. The van der Waals surface area contributed by atoms with Gasteiger partial charge in [0.1, 0.15) is 11.5 Å². The van der Waals surface area contributed by atoms with Gasteiger partial charge in [0.05, 0.1) is 11.7 Å². The predicted molar refractivity (Wildman–Crippen MR) is 105 cm³/mol. The van der Waals surface area contributed by atoms with Crippen LogP contribution in [0.25, 0.3) is 16.2 Å². The molecule has 0 aliphatic carbocycles. The highest BCUT2D eigenvalue weighted by molar-refractivity contribution is 7.15. The Labute approximate surface area is 160 Å². The van der Waals surface area contributed by atoms with Crippen molar-refractivity contribution in [2.75, 3.05) is 0 Å². The van der Waals surface area contributed by atoms with E-state index in [1.807, 2.05) is 29.8 Å². The van der Waals surface area contributed by atoms with E-state index < -0.39 is 0 Å². The second-order valence-corrected chi connectivity index (χ2v) is 7.53. The van der Waals surface area contributed by atoms with Crippen molar-refractivity contribution >= 4 is 22.2 Å². The number of imidazole rings is 1. The van der Waals surface area contributed by atoms with Crippen molar-refractivity contribution in [1.29, 1.82) is 0 Å². The summed E-state index contributed by atoms with van der Waals surface area (Å²) in [6.07, 6.45) is 1.92. The number of fused-ring (bicyclic) bond motifs is 1. The lowest BCUT2D eigenvalue weighted by Crippen LogP contribution is -2.28. The molecule has 0 aliphatic rings. The highest BCUT2D eigenvalue weighted by atomic mass is 32.1. The Morgan fingerprint density at radius 3 is 2.81 bits per heavy atom. The first-order valence-electron chi connectivity index (χ1n) is 8.66. The molecule has 27 heavy (non-hydrogen) atoms. The molecule has 8 heteroatoms. The van der Waals surface area contributed by atoms with E-state index in [9.17, 15) is 4.79 Å². The average molecular weight is 380 g/mol. The number of rotatable bonds is 4. The molecule has 0 spiro atoms. The van der Waals surface area contributed by atoms with Crippen molar-refractivity contribution in [3.63, 3.8) is 0 Å². The zero-order chi connectivity index (χ0) is 19.1. The third-order valence-electron chi connectivity index (χ3n) is 4.46. The molecule has 4 rings (SSSR count). The minimum atomic E-state index is -0.292. The van der Waals surface area contributed by atoms with Crippen LogP contribution >= 0.6 is 11.3 Å². The van der Waals surface area contributed by atoms with E-state index in [1.165, 1.54) is 16.9 Å². The quantitative estimate of drug-likeness (QED) is 0.566. The summed E-state index contributed by atoms with van der Waals surface area (Å²) in [5.74, 6) is 1.10. The minimum absolute atomic E-state index is 0.180. The summed E-state index contributed by atoms with van der Waals surface area (Å²) in [5, 5.41) is 11.7. The standard InChI is InChI=1S/C19H20N6OS/c1-10-5-6-11(2)14(7-10)15-8-25-16(9-27-19(25)22-15)18(26)20-12(3)17-21-13(4)23-24-17/h5-9,12H,1-4H3,(H,20,26)(H,21,23,24)/t12-/m1/s1. The number of nitrogens with zero attached hydrogens (tertiary/aromatic N) is 4. The average Bonchev–Trinajstić information content (AvgIpc) is 3.32. The lowest BCUT2D eigenvalue weighted by atomic mass is 10.0. The molecule has 4 aromatic rings. The fourth-order valence-corrected chi connectivity index (χ4v) is 3.83. The van der Waals surface area contributed by atoms with Crippen molar-refractivity contribution in [2.24, 2.45) is 0 Å². The molecular formula is C19H20N6OS. The van der Waals surface area contributed by atoms with E-state index in [2.05, 4.69) is 52.5 Å². The maximum absolute atomic E-state index is 12.8. The smallest absolute Gasteiger partial charge is 0.269 e. The van der Waals surface area contributed by atoms with Crippen LogP contribution in [-0.4, -0.2) is 30.5 Å². The molecule has 1 amide bonds. The molecule has 2 N–H and O–H groups in total. The van der Waals surface area contributed by atoms with Gasteiger partial charge in [0.15, 0.2) is 10.8 Å². The Hall–Kier alpha value is -3.00. The van der Waals surface area contributed by atoms with Gasteiger partial charge in [-0.1, -0.05) is 17.7 Å². The number of aryl methyl sites for hydroxylation is 3. The Balaban J connectivity index is 1.64. The fraction of sp³-hybridized carbons (Fsp3) is 0.263. The molecule has 3 heterocycles. The van der Waals surface area contributed by atoms with Crippen LogP contribution in [0.3, 0.4) is 0 Å². The van der Waals surface area contributed by atoms with E-state index >= 15 is 0 Å². The molecule has 3 aromatic heterocycles. The van der Waals surface area contributed by atoms with Gasteiger partial charge in [-0.15, -0.1) is 11.3 Å². The van der Waals surface area contributed by atoms with Crippen LogP contribution in [0.4, 0.5) is 0 Å². The van der Waals surface area contributed by atoms with Crippen LogP contribution in [0, 0.1) is 20.8 Å². The lowest BCUT2D eigenvalue weighted by Gasteiger charge is -2.09. The number of hydrogen-bond donors (Lipinski definition) is 2. The first-order valence-corrected chi connectivity index (χ1v) is 9.54. The summed E-state index contributed by atoms with van der Waals surface area (Å²) in [6.45, 7) is 7.82. The Morgan fingerprint density at radius 2 is 2.07 bits per heavy atom. The van der Waals surface area contributed by atoms with Crippen molar-refractivity contribution in [3.05, 3.63) is 58.2 Å². The van der Waals surface area contributed by atoms with Crippen molar-refractivity contribution in [3.8, 4) is 11.3 Å². The van der Waals surface area contributed by atoms with E-state index in [0.29, 0.717) is 11.5 Å². The molecule has 0 radical (unpaired) electrons. The van der Waals surface area contributed by atoms with Gasteiger partial charge in [-0.25, -0.2) is 9.97 Å². The third-order valence-corrected chi connectivity index (χ3v) is 5.30. The summed E-state index contributed by atoms with van der Waals surface area (Å²) in [7, 11) is 0. The van der Waals surface area contributed by atoms with Gasteiger partial charge >= 0.3 is 0 Å². The van der Waals surface area contributed by atoms with Gasteiger partial charge in [-0.05, 0) is 39.3 Å². The maximum atomic E-state index is 12.8. The predicted octanol–water partition coefficient (Wildman–Crippen LogP) is 3.60. The van der Waals surface area contributed by atoms with Gasteiger partial charge < -0.3 is 5.32 Å². The minimum Gasteiger partial charge on any atom is -0.341 e. The summed E-state index contributed by atoms with van der Waals surface area (Å²) in [4.78, 5) is 22.5. The van der Waals surface area contributed by atoms with Gasteiger partial charge in [-0.3, -0.25) is 14.3 Å². The van der Waals surface area contributed by atoms with Gasteiger partial charge in [0.25, 0.3) is 5.91 Å². The largest absolute Gasteiger partial charge is 0.341 e. The number of carbonyl (C=O) groups is 1. The van der Waals surface area contributed by atoms with Gasteiger partial charge in [-0.2, -0.15) is 5.10 Å². The molecule has 0 saturated heterocycles. The molecule has 0 saturated carbocycles. The van der Waals surface area contributed by atoms with Gasteiger partial charge in [0.2, 0.25) is 0 Å². The molecule has 1 atom stereocenters. The Morgan fingerprint density at radius 1 is 1.26 bits per heavy atom. The summed E-state index contributed by atoms with van der Waals surface area (Å²) < 4.78 is 1.84. The number of thiazole rings is 1.